The number of rotatable bonds is 3. The Morgan fingerprint density at radius 3 is 2.35 bits per heavy atom. The molecule has 2 aromatic rings. The summed E-state index contributed by atoms with van der Waals surface area (Å²) < 4.78 is 1.99. The van der Waals surface area contributed by atoms with Crippen LogP contribution >= 0.6 is 0 Å². The number of aryl methyl sites for hydroxylation is 2. The number of amides is 1. The van der Waals surface area contributed by atoms with E-state index in [-0.39, 0.29) is 5.91 Å². The zero-order chi connectivity index (χ0) is 17.8. The number of nitrogens with zero attached hydrogens (tertiary/aromatic N) is 4. The Bertz CT molecular complexity index is 839. The third kappa shape index (κ3) is 2.56. The molecule has 2 aliphatic heterocycles. The summed E-state index contributed by atoms with van der Waals surface area (Å²) in [5, 5.41) is 4.33. The molecule has 2 bridgehead atoms. The molecule has 2 atom stereocenters. The molecule has 2 aromatic heterocycles. The van der Waals surface area contributed by atoms with E-state index in [1.807, 2.05) is 30.9 Å². The van der Waals surface area contributed by atoms with Gasteiger partial charge in [0.15, 0.2) is 0 Å². The highest BCUT2D eigenvalue weighted by Gasteiger charge is 2.44. The first-order valence-electron chi connectivity index (χ1n) is 9.90. The maximum absolute atomic E-state index is 13.3. The normalized spacial score (nSPS) is 27.8. The minimum atomic E-state index is 0.188. The molecule has 0 N–H and O–H groups in total. The van der Waals surface area contributed by atoms with Crippen LogP contribution in [0, 0.1) is 6.92 Å². The lowest BCUT2D eigenvalue weighted by atomic mass is 9.87. The van der Waals surface area contributed by atoms with Crippen molar-refractivity contribution in [3.8, 4) is 0 Å². The number of hydrogen-bond acceptors (Lipinski definition) is 3. The predicted molar refractivity (Wildman–Crippen MR) is 99.1 cm³/mol. The van der Waals surface area contributed by atoms with Gasteiger partial charge in [-0.2, -0.15) is 5.10 Å². The van der Waals surface area contributed by atoms with Crippen LogP contribution in [0.3, 0.4) is 0 Å². The van der Waals surface area contributed by atoms with Gasteiger partial charge in [0.05, 0.1) is 11.3 Å². The van der Waals surface area contributed by atoms with Crippen LogP contribution in [0.5, 0.6) is 0 Å². The average Bonchev–Trinajstić information content (AvgIpc) is 3.34. The number of carbonyl (C=O) groups is 1. The molecule has 5 nitrogen and oxygen atoms in total. The van der Waals surface area contributed by atoms with Crippen molar-refractivity contribution in [2.75, 3.05) is 0 Å². The SMILES string of the molecule is Cc1nc(C2CC2)ccc1C(=O)N1C2CCC1CC(c1ccnn1C)C2. The summed E-state index contributed by atoms with van der Waals surface area (Å²) in [6.07, 6.45) is 8.71. The fourth-order valence-corrected chi connectivity index (χ4v) is 5.09. The van der Waals surface area contributed by atoms with Crippen LogP contribution in [0.4, 0.5) is 0 Å². The van der Waals surface area contributed by atoms with Gasteiger partial charge < -0.3 is 4.90 Å². The largest absolute Gasteiger partial charge is 0.333 e. The van der Waals surface area contributed by atoms with Gasteiger partial charge in [0.2, 0.25) is 0 Å². The second-order valence-electron chi connectivity index (χ2n) is 8.29. The van der Waals surface area contributed by atoms with E-state index in [0.29, 0.717) is 23.9 Å². The summed E-state index contributed by atoms with van der Waals surface area (Å²) >= 11 is 0. The molecule has 0 radical (unpaired) electrons. The van der Waals surface area contributed by atoms with Gasteiger partial charge in [-0.15, -0.1) is 0 Å². The number of aromatic nitrogens is 3. The number of piperidine rings is 1. The van der Waals surface area contributed by atoms with Gasteiger partial charge in [0, 0.05) is 48.6 Å². The predicted octanol–water partition coefficient (Wildman–Crippen LogP) is 3.55. The van der Waals surface area contributed by atoms with Crippen molar-refractivity contribution in [1.82, 2.24) is 19.7 Å². The molecule has 5 heteroatoms. The standard InChI is InChI=1S/C21H26N4O/c1-13-18(7-8-19(23-13)14-3-4-14)21(26)25-16-5-6-17(25)12-15(11-16)20-9-10-22-24(20)2/h7-10,14-17H,3-6,11-12H2,1-2H3. The molecule has 0 aromatic carbocycles. The highest BCUT2D eigenvalue weighted by Crippen LogP contribution is 2.44. The zero-order valence-corrected chi connectivity index (χ0v) is 15.6. The van der Waals surface area contributed by atoms with Crippen LogP contribution in [-0.4, -0.2) is 37.7 Å². The van der Waals surface area contributed by atoms with Crippen molar-refractivity contribution in [2.45, 2.75) is 69.4 Å². The Labute approximate surface area is 154 Å². The molecule has 0 spiro atoms. The van der Waals surface area contributed by atoms with E-state index in [0.717, 1.165) is 42.6 Å². The van der Waals surface area contributed by atoms with Gasteiger partial charge in [-0.25, -0.2) is 0 Å². The first-order chi connectivity index (χ1) is 12.6. The van der Waals surface area contributed by atoms with Crippen LogP contribution in [0.2, 0.25) is 0 Å². The molecule has 136 valence electrons. The lowest BCUT2D eigenvalue weighted by molar-refractivity contribution is 0.0567. The summed E-state index contributed by atoms with van der Waals surface area (Å²) in [7, 11) is 2.02. The fourth-order valence-electron chi connectivity index (χ4n) is 5.09. The lowest BCUT2D eigenvalue weighted by Gasteiger charge is -2.39. The molecule has 26 heavy (non-hydrogen) atoms. The molecule has 1 aliphatic carbocycles. The Morgan fingerprint density at radius 1 is 1.04 bits per heavy atom. The summed E-state index contributed by atoms with van der Waals surface area (Å²) in [5.41, 5.74) is 4.16. The second-order valence-corrected chi connectivity index (χ2v) is 8.29. The second kappa shape index (κ2) is 5.93. The van der Waals surface area contributed by atoms with Gasteiger partial charge >= 0.3 is 0 Å². The third-order valence-electron chi connectivity index (χ3n) is 6.58. The molecular weight excluding hydrogens is 324 g/mol. The Kier molecular flexibility index (Phi) is 3.66. The highest BCUT2D eigenvalue weighted by molar-refractivity contribution is 5.96. The topological polar surface area (TPSA) is 51.0 Å². The maximum atomic E-state index is 13.3. The van der Waals surface area contributed by atoms with E-state index in [9.17, 15) is 4.79 Å². The molecule has 1 amide bonds. The van der Waals surface area contributed by atoms with E-state index in [1.54, 1.807) is 0 Å². The minimum absolute atomic E-state index is 0.188. The van der Waals surface area contributed by atoms with Crippen molar-refractivity contribution < 1.29 is 4.79 Å². The molecular formula is C21H26N4O. The van der Waals surface area contributed by atoms with Crippen molar-refractivity contribution >= 4 is 5.91 Å². The van der Waals surface area contributed by atoms with Crippen LogP contribution in [0.1, 0.15) is 77.8 Å². The number of hydrogen-bond donors (Lipinski definition) is 0. The Hall–Kier alpha value is -2.17. The summed E-state index contributed by atoms with van der Waals surface area (Å²) in [5.74, 6) is 1.33. The van der Waals surface area contributed by atoms with Gasteiger partial charge in [0.25, 0.3) is 5.91 Å². The smallest absolute Gasteiger partial charge is 0.256 e. The minimum Gasteiger partial charge on any atom is -0.333 e. The van der Waals surface area contributed by atoms with Crippen molar-refractivity contribution in [2.24, 2.45) is 7.05 Å². The van der Waals surface area contributed by atoms with Crippen LogP contribution in [0.15, 0.2) is 24.4 Å². The molecule has 3 fully saturated rings. The van der Waals surface area contributed by atoms with E-state index >= 15 is 0 Å². The monoisotopic (exact) mass is 350 g/mol. The number of pyridine rings is 1. The van der Waals surface area contributed by atoms with Crippen molar-refractivity contribution in [3.63, 3.8) is 0 Å². The Balaban J connectivity index is 1.38. The highest BCUT2D eigenvalue weighted by atomic mass is 16.2. The lowest BCUT2D eigenvalue weighted by Crippen LogP contribution is -2.46. The van der Waals surface area contributed by atoms with E-state index in [2.05, 4.69) is 22.1 Å². The molecule has 1 saturated carbocycles. The Morgan fingerprint density at radius 2 is 1.77 bits per heavy atom. The number of fused-ring (bicyclic) bond motifs is 2. The van der Waals surface area contributed by atoms with Crippen LogP contribution in [0.25, 0.3) is 0 Å². The fraction of sp³-hybridized carbons (Fsp3) is 0.571. The van der Waals surface area contributed by atoms with E-state index in [1.165, 1.54) is 18.5 Å². The third-order valence-corrected chi connectivity index (χ3v) is 6.58. The maximum Gasteiger partial charge on any atom is 0.256 e. The zero-order valence-electron chi connectivity index (χ0n) is 15.6. The van der Waals surface area contributed by atoms with Crippen LogP contribution < -0.4 is 0 Å². The van der Waals surface area contributed by atoms with E-state index < -0.39 is 0 Å². The summed E-state index contributed by atoms with van der Waals surface area (Å²) in [6.45, 7) is 1.99. The van der Waals surface area contributed by atoms with Gasteiger partial charge in [0.1, 0.15) is 0 Å². The van der Waals surface area contributed by atoms with Gasteiger partial charge in [-0.05, 0) is 63.6 Å². The first-order valence-corrected chi connectivity index (χ1v) is 9.90. The molecule has 2 saturated heterocycles. The molecule has 2 unspecified atom stereocenters. The molecule has 3 aliphatic rings. The van der Waals surface area contributed by atoms with Gasteiger partial charge in [-0.1, -0.05) is 0 Å². The average molecular weight is 350 g/mol. The van der Waals surface area contributed by atoms with Crippen LogP contribution in [-0.2, 0) is 7.05 Å². The number of carbonyl (C=O) groups excluding carboxylic acids is 1. The van der Waals surface area contributed by atoms with E-state index in [4.69, 9.17) is 4.98 Å². The quantitative estimate of drug-likeness (QED) is 0.850. The molecule has 5 rings (SSSR count). The van der Waals surface area contributed by atoms with Gasteiger partial charge in [-0.3, -0.25) is 14.5 Å². The first kappa shape index (κ1) is 16.0. The summed E-state index contributed by atoms with van der Waals surface area (Å²) in [4.78, 5) is 20.2. The summed E-state index contributed by atoms with van der Waals surface area (Å²) in [6, 6.07) is 6.92. The van der Waals surface area contributed by atoms with Crippen molar-refractivity contribution in [1.29, 1.82) is 0 Å². The molecule has 4 heterocycles. The van der Waals surface area contributed by atoms with Crippen molar-refractivity contribution in [3.05, 3.63) is 47.0 Å².